The number of carbonyl (C=O) groups excluding carboxylic acids is 3. The van der Waals surface area contributed by atoms with Crippen molar-refractivity contribution in [2.45, 2.75) is 59.4 Å². The number of hydroxylamine groups is 1. The lowest BCUT2D eigenvalue weighted by Crippen LogP contribution is -2.56. The summed E-state index contributed by atoms with van der Waals surface area (Å²) in [6, 6.07) is 9.19. The molecule has 8 nitrogen and oxygen atoms in total. The maximum absolute atomic E-state index is 13.6. The number of hydrogen-bond acceptors (Lipinski definition) is 5. The molecule has 3 N–H and O–H groups in total. The molecule has 0 spiro atoms. The molecular weight excluding hydrogens is 444 g/mol. The molecule has 35 heavy (non-hydrogen) atoms. The van der Waals surface area contributed by atoms with E-state index in [2.05, 4.69) is 5.43 Å². The summed E-state index contributed by atoms with van der Waals surface area (Å²) in [5.74, 6) is -2.64. The number of rotatable bonds is 11. The molecule has 0 bridgehead atoms. The lowest BCUT2D eigenvalue weighted by Gasteiger charge is -2.33. The number of likely N-dealkylation sites (N-methyl/N-ethyl adjacent to an activating group) is 1. The average molecular weight is 488 g/mol. The van der Waals surface area contributed by atoms with Crippen LogP contribution in [-0.4, -0.2) is 59.0 Å². The Labute approximate surface area is 211 Å². The van der Waals surface area contributed by atoms with Crippen LogP contribution in [0.5, 0.6) is 0 Å². The second-order valence-corrected chi connectivity index (χ2v) is 10.2. The molecule has 2 rings (SSSR count). The van der Waals surface area contributed by atoms with Crippen molar-refractivity contribution in [1.29, 1.82) is 0 Å². The zero-order chi connectivity index (χ0) is 26.7. The van der Waals surface area contributed by atoms with Crippen molar-refractivity contribution in [2.75, 3.05) is 20.1 Å². The summed E-state index contributed by atoms with van der Waals surface area (Å²) >= 11 is 0. The van der Waals surface area contributed by atoms with Crippen LogP contribution in [0.15, 0.2) is 36.4 Å². The van der Waals surface area contributed by atoms with Crippen LogP contribution in [0.1, 0.15) is 60.3 Å². The molecule has 0 unspecified atom stereocenters. The summed E-state index contributed by atoms with van der Waals surface area (Å²) in [5.41, 5.74) is 5.51. The molecule has 1 aliphatic rings. The summed E-state index contributed by atoms with van der Waals surface area (Å²) in [5, 5.41) is 10.8. The number of benzene rings is 1. The highest BCUT2D eigenvalue weighted by molar-refractivity contribution is 5.90. The average Bonchev–Trinajstić information content (AvgIpc) is 3.33. The predicted octanol–water partition coefficient (Wildman–Crippen LogP) is 3.48. The first-order chi connectivity index (χ1) is 17.2. The summed E-state index contributed by atoms with van der Waals surface area (Å²) in [6.07, 6.45) is 5.86. The molecule has 1 fully saturated rings. The Kier molecular flexibility index (Phi) is 10.8. The fraction of sp³-hybridized carbons (Fsp3) is 0.593. The quantitative estimate of drug-likeness (QED) is 0.328. The van der Waals surface area contributed by atoms with Gasteiger partial charge in [0.2, 0.25) is 11.8 Å². The van der Waals surface area contributed by atoms with Crippen LogP contribution in [-0.2, 0) is 14.4 Å². The Morgan fingerprint density at radius 1 is 1.14 bits per heavy atom. The Morgan fingerprint density at radius 2 is 1.86 bits per heavy atom. The number of nitrogens with zero attached hydrogens (tertiary/aromatic N) is 2. The van der Waals surface area contributed by atoms with Crippen LogP contribution in [0.3, 0.4) is 0 Å². The van der Waals surface area contributed by atoms with Gasteiger partial charge in [0.15, 0.2) is 0 Å². The SMILES string of the molecule is [2H]CN1CCC[C@H]1C(=O)N(CC(C)C)NC(=O)[C@H](CC(C)C)[C@H](C/C=C/c1ccccc1)C(=O)NO. The second-order valence-electron chi connectivity index (χ2n) is 10.2. The molecular formula is C27H42N4O4. The number of hydrogen-bond donors (Lipinski definition) is 3. The van der Waals surface area contributed by atoms with E-state index in [1.165, 1.54) is 5.01 Å². The van der Waals surface area contributed by atoms with Crippen molar-refractivity contribution in [3.8, 4) is 0 Å². The maximum Gasteiger partial charge on any atom is 0.258 e. The molecule has 0 aromatic heterocycles. The third-order valence-corrected chi connectivity index (χ3v) is 6.20. The first-order valence-corrected chi connectivity index (χ1v) is 12.5. The smallest absolute Gasteiger partial charge is 0.258 e. The number of allylic oxidation sites excluding steroid dienone is 1. The summed E-state index contributed by atoms with van der Waals surface area (Å²) < 4.78 is 7.74. The van der Waals surface area contributed by atoms with E-state index in [1.807, 2.05) is 75.1 Å². The maximum atomic E-state index is 13.6. The largest absolute Gasteiger partial charge is 0.295 e. The van der Waals surface area contributed by atoms with Gasteiger partial charge >= 0.3 is 0 Å². The molecule has 0 saturated carbocycles. The lowest BCUT2D eigenvalue weighted by molar-refractivity contribution is -0.149. The number of hydrazine groups is 1. The molecule has 1 heterocycles. The van der Waals surface area contributed by atoms with Crippen molar-refractivity contribution in [2.24, 2.45) is 23.7 Å². The molecule has 1 saturated heterocycles. The lowest BCUT2D eigenvalue weighted by atomic mass is 9.82. The molecule has 1 aliphatic heterocycles. The highest BCUT2D eigenvalue weighted by Crippen LogP contribution is 2.26. The number of amides is 3. The van der Waals surface area contributed by atoms with E-state index >= 15 is 0 Å². The van der Waals surface area contributed by atoms with Crippen molar-refractivity contribution in [3.63, 3.8) is 0 Å². The van der Waals surface area contributed by atoms with Gasteiger partial charge in [-0.15, -0.1) is 0 Å². The van der Waals surface area contributed by atoms with Crippen LogP contribution in [0.25, 0.3) is 6.08 Å². The Balaban J connectivity index is 2.26. The van der Waals surface area contributed by atoms with Gasteiger partial charge in [-0.05, 0) is 56.7 Å². The third kappa shape index (κ3) is 8.78. The summed E-state index contributed by atoms with van der Waals surface area (Å²) in [4.78, 5) is 41.5. The van der Waals surface area contributed by atoms with E-state index in [-0.39, 0.29) is 31.2 Å². The minimum Gasteiger partial charge on any atom is -0.295 e. The van der Waals surface area contributed by atoms with E-state index in [0.717, 1.165) is 12.0 Å². The van der Waals surface area contributed by atoms with Gasteiger partial charge in [-0.1, -0.05) is 70.2 Å². The van der Waals surface area contributed by atoms with Gasteiger partial charge in [0.25, 0.3) is 5.91 Å². The molecule has 3 atom stereocenters. The molecule has 0 radical (unpaired) electrons. The van der Waals surface area contributed by atoms with Gasteiger partial charge in [-0.2, -0.15) is 0 Å². The summed E-state index contributed by atoms with van der Waals surface area (Å²) in [7, 11) is 0.0301. The monoisotopic (exact) mass is 487 g/mol. The van der Waals surface area contributed by atoms with Gasteiger partial charge < -0.3 is 0 Å². The number of nitrogens with one attached hydrogen (secondary N) is 2. The van der Waals surface area contributed by atoms with Crippen LogP contribution in [0, 0.1) is 23.7 Å². The van der Waals surface area contributed by atoms with E-state index in [4.69, 9.17) is 1.37 Å². The van der Waals surface area contributed by atoms with Crippen LogP contribution in [0.2, 0.25) is 0 Å². The van der Waals surface area contributed by atoms with Crippen molar-refractivity contribution in [1.82, 2.24) is 20.8 Å². The van der Waals surface area contributed by atoms with Gasteiger partial charge in [0.1, 0.15) is 0 Å². The van der Waals surface area contributed by atoms with Gasteiger partial charge in [-0.25, -0.2) is 5.48 Å². The van der Waals surface area contributed by atoms with Crippen LogP contribution in [0.4, 0.5) is 0 Å². The van der Waals surface area contributed by atoms with Crippen molar-refractivity contribution in [3.05, 3.63) is 42.0 Å². The summed E-state index contributed by atoms with van der Waals surface area (Å²) in [6.45, 7) is 8.87. The van der Waals surface area contributed by atoms with Crippen LogP contribution >= 0.6 is 0 Å². The van der Waals surface area contributed by atoms with Gasteiger partial charge in [0.05, 0.1) is 17.9 Å². The van der Waals surface area contributed by atoms with E-state index in [9.17, 15) is 19.6 Å². The minimum atomic E-state index is -0.815. The molecule has 3 amide bonds. The molecule has 1 aromatic carbocycles. The normalized spacial score (nSPS) is 18.5. The topological polar surface area (TPSA) is 102 Å². The fourth-order valence-electron chi connectivity index (χ4n) is 4.47. The zero-order valence-corrected chi connectivity index (χ0v) is 21.4. The van der Waals surface area contributed by atoms with E-state index in [1.54, 1.807) is 5.48 Å². The number of carbonyl (C=O) groups is 3. The standard InChI is InChI=1S/C27H42N4O4/c1-19(2)17-23(22(26(33)29-35)14-9-13-21-11-7-6-8-12-21)25(32)28-31(18-20(3)4)27(34)24-15-10-16-30(24)5/h6-9,11-13,19-20,22-24,35H,10,14-18H2,1-5H3,(H,28,32)(H,29,33)/b13-9+/t22-,23+,24-/m0/s1/i5D. The fourth-order valence-corrected chi connectivity index (χ4v) is 4.47. The number of likely N-dealkylation sites (tertiary alicyclic amines) is 1. The highest BCUT2D eigenvalue weighted by Gasteiger charge is 2.37. The molecule has 8 heteroatoms. The predicted molar refractivity (Wildman–Crippen MR) is 137 cm³/mol. The van der Waals surface area contributed by atoms with Gasteiger partial charge in [-0.3, -0.25) is 34.9 Å². The molecule has 0 aliphatic carbocycles. The van der Waals surface area contributed by atoms with Crippen molar-refractivity contribution < 1.29 is 21.0 Å². The Morgan fingerprint density at radius 3 is 2.46 bits per heavy atom. The highest BCUT2D eigenvalue weighted by atomic mass is 16.5. The van der Waals surface area contributed by atoms with Crippen LogP contribution < -0.4 is 10.9 Å². The first kappa shape index (κ1) is 26.9. The minimum absolute atomic E-state index is 0.0301. The van der Waals surface area contributed by atoms with E-state index in [0.29, 0.717) is 25.9 Å². The molecule has 194 valence electrons. The van der Waals surface area contributed by atoms with Crippen molar-refractivity contribution >= 4 is 23.8 Å². The third-order valence-electron chi connectivity index (χ3n) is 6.20. The second kappa shape index (κ2) is 14.0. The zero-order valence-electron chi connectivity index (χ0n) is 22.4. The Bertz CT molecular complexity index is 878. The molecule has 1 aromatic rings. The first-order valence-electron chi connectivity index (χ1n) is 13.2. The van der Waals surface area contributed by atoms with Gasteiger partial charge in [0, 0.05) is 7.92 Å². The van der Waals surface area contributed by atoms with E-state index < -0.39 is 29.7 Å². The Hall–Kier alpha value is -2.71.